The van der Waals surface area contributed by atoms with E-state index in [4.69, 9.17) is 9.47 Å². The van der Waals surface area contributed by atoms with E-state index in [2.05, 4.69) is 20.9 Å². The van der Waals surface area contributed by atoms with Crippen molar-refractivity contribution in [3.63, 3.8) is 0 Å². The lowest BCUT2D eigenvalue weighted by Gasteiger charge is -2.14. The predicted molar refractivity (Wildman–Crippen MR) is 122 cm³/mol. The Morgan fingerprint density at radius 2 is 1.82 bits per heavy atom. The van der Waals surface area contributed by atoms with Crippen molar-refractivity contribution < 1.29 is 14.4 Å². The molecule has 0 spiro atoms. The number of rotatable bonds is 8. The first-order valence-corrected chi connectivity index (χ1v) is 8.26. The number of para-hydroxylation sites is 2. The zero-order chi connectivity index (χ0) is 19.6. The van der Waals surface area contributed by atoms with Crippen LogP contribution in [0.25, 0.3) is 0 Å². The van der Waals surface area contributed by atoms with Gasteiger partial charge < -0.3 is 25.4 Å². The fraction of sp³-hybridized carbons (Fsp3) is 0.278. The fourth-order valence-electron chi connectivity index (χ4n) is 2.39. The van der Waals surface area contributed by atoms with Gasteiger partial charge in [-0.3, -0.25) is 15.1 Å². The number of benzene rings is 2. The van der Waals surface area contributed by atoms with Crippen LogP contribution in [0.3, 0.4) is 0 Å². The predicted octanol–water partition coefficient (Wildman–Crippen LogP) is 3.33. The number of halogens is 1. The summed E-state index contributed by atoms with van der Waals surface area (Å²) in [6.07, 6.45) is 0. The summed E-state index contributed by atoms with van der Waals surface area (Å²) in [5.74, 6) is 1.81. The number of hydrogen-bond acceptors (Lipinski definition) is 6. The summed E-state index contributed by atoms with van der Waals surface area (Å²) >= 11 is 0. The second kappa shape index (κ2) is 11.8. The van der Waals surface area contributed by atoms with Crippen molar-refractivity contribution in [2.75, 3.05) is 45.0 Å². The van der Waals surface area contributed by atoms with Crippen LogP contribution in [0.5, 0.6) is 11.5 Å². The molecule has 28 heavy (non-hydrogen) atoms. The lowest BCUT2D eigenvalue weighted by Crippen LogP contribution is -2.34. The monoisotopic (exact) mass is 501 g/mol. The molecule has 0 aliphatic rings. The molecule has 0 aliphatic carbocycles. The van der Waals surface area contributed by atoms with Gasteiger partial charge in [0.25, 0.3) is 5.69 Å². The first-order chi connectivity index (χ1) is 13.1. The first-order valence-electron chi connectivity index (χ1n) is 8.26. The number of anilines is 2. The molecule has 0 aromatic heterocycles. The largest absolute Gasteiger partial charge is 0.493 e. The Labute approximate surface area is 180 Å². The second-order valence-corrected chi connectivity index (χ2v) is 5.39. The van der Waals surface area contributed by atoms with Gasteiger partial charge in [0.05, 0.1) is 19.1 Å². The third-order valence-corrected chi connectivity index (χ3v) is 3.70. The van der Waals surface area contributed by atoms with Crippen molar-refractivity contribution in [2.24, 2.45) is 4.99 Å². The van der Waals surface area contributed by atoms with Gasteiger partial charge in [-0.05, 0) is 18.2 Å². The molecule has 2 aromatic carbocycles. The van der Waals surface area contributed by atoms with Crippen LogP contribution in [-0.2, 0) is 0 Å². The van der Waals surface area contributed by atoms with Crippen LogP contribution in [0.15, 0.2) is 47.5 Å². The van der Waals surface area contributed by atoms with Crippen LogP contribution in [0.4, 0.5) is 17.1 Å². The van der Waals surface area contributed by atoms with Crippen LogP contribution in [0.2, 0.25) is 0 Å². The maximum atomic E-state index is 11.0. The number of nitro benzene ring substituents is 1. The molecule has 0 heterocycles. The van der Waals surface area contributed by atoms with E-state index in [1.54, 1.807) is 51.6 Å². The van der Waals surface area contributed by atoms with Crippen LogP contribution in [0, 0.1) is 10.1 Å². The topological polar surface area (TPSA) is 110 Å². The molecule has 9 nitrogen and oxygen atoms in total. The van der Waals surface area contributed by atoms with E-state index in [0.29, 0.717) is 36.2 Å². The minimum atomic E-state index is -0.409. The number of nitrogens with zero attached hydrogens (tertiary/aromatic N) is 2. The van der Waals surface area contributed by atoms with Crippen molar-refractivity contribution in [3.05, 3.63) is 52.6 Å². The van der Waals surface area contributed by atoms with E-state index in [1.807, 2.05) is 6.07 Å². The Morgan fingerprint density at radius 1 is 1.11 bits per heavy atom. The number of aliphatic imine (C=N–C) groups is 1. The molecule has 0 saturated carbocycles. The second-order valence-electron chi connectivity index (χ2n) is 5.39. The molecule has 10 heteroatoms. The van der Waals surface area contributed by atoms with Gasteiger partial charge in [0.2, 0.25) is 0 Å². The van der Waals surface area contributed by atoms with Crippen LogP contribution < -0.4 is 25.4 Å². The third-order valence-electron chi connectivity index (χ3n) is 3.70. The molecule has 2 rings (SSSR count). The number of ether oxygens (including phenoxy) is 2. The molecule has 0 fully saturated rings. The Balaban J connectivity index is 0.00000392. The Kier molecular flexibility index (Phi) is 9.85. The molecule has 3 N–H and O–H groups in total. The molecule has 0 bridgehead atoms. The van der Waals surface area contributed by atoms with E-state index >= 15 is 0 Å². The molecule has 0 saturated heterocycles. The van der Waals surface area contributed by atoms with E-state index < -0.39 is 4.92 Å². The van der Waals surface area contributed by atoms with Gasteiger partial charge in [-0.1, -0.05) is 12.1 Å². The molecule has 152 valence electrons. The van der Waals surface area contributed by atoms with Crippen molar-refractivity contribution in [1.82, 2.24) is 5.32 Å². The normalized spacial score (nSPS) is 10.5. The molecule has 0 unspecified atom stereocenters. The van der Waals surface area contributed by atoms with Crippen molar-refractivity contribution >= 4 is 47.0 Å². The van der Waals surface area contributed by atoms with E-state index in [-0.39, 0.29) is 29.7 Å². The van der Waals surface area contributed by atoms with E-state index in [1.165, 1.54) is 6.07 Å². The molecule has 0 amide bonds. The highest BCUT2D eigenvalue weighted by atomic mass is 127. The number of methoxy groups -OCH3 is 2. The molecule has 0 radical (unpaired) electrons. The first kappa shape index (κ1) is 23.3. The SMILES string of the molecule is CN=C(NCCNc1ccccc1[N+](=O)[O-])Nc1ccc(OC)c(OC)c1.I. The Hall–Kier alpha value is -2.76. The average molecular weight is 501 g/mol. The Bertz CT molecular complexity index is 816. The summed E-state index contributed by atoms with van der Waals surface area (Å²) in [6, 6.07) is 12.0. The van der Waals surface area contributed by atoms with Crippen LogP contribution in [-0.4, -0.2) is 45.2 Å². The van der Waals surface area contributed by atoms with E-state index in [0.717, 1.165) is 5.69 Å². The molecular formula is C18H24IN5O4. The van der Waals surface area contributed by atoms with Gasteiger partial charge in [0.15, 0.2) is 17.5 Å². The highest BCUT2D eigenvalue weighted by Gasteiger charge is 2.11. The molecular weight excluding hydrogens is 477 g/mol. The van der Waals surface area contributed by atoms with Gasteiger partial charge >= 0.3 is 0 Å². The highest BCUT2D eigenvalue weighted by Crippen LogP contribution is 2.29. The minimum Gasteiger partial charge on any atom is -0.493 e. The molecule has 0 aliphatic heterocycles. The molecule has 0 atom stereocenters. The smallest absolute Gasteiger partial charge is 0.292 e. The van der Waals surface area contributed by atoms with Crippen molar-refractivity contribution in [3.8, 4) is 11.5 Å². The third kappa shape index (κ3) is 6.44. The number of nitro groups is 1. The van der Waals surface area contributed by atoms with Crippen LogP contribution >= 0.6 is 24.0 Å². The Morgan fingerprint density at radius 3 is 2.46 bits per heavy atom. The maximum absolute atomic E-state index is 11.0. The summed E-state index contributed by atoms with van der Waals surface area (Å²) in [5, 5.41) is 20.3. The van der Waals surface area contributed by atoms with Gasteiger partial charge in [-0.15, -0.1) is 24.0 Å². The zero-order valence-electron chi connectivity index (χ0n) is 15.9. The summed E-state index contributed by atoms with van der Waals surface area (Å²) < 4.78 is 10.5. The number of nitrogens with one attached hydrogen (secondary N) is 3. The average Bonchev–Trinajstić information content (AvgIpc) is 2.70. The van der Waals surface area contributed by atoms with Gasteiger partial charge in [-0.2, -0.15) is 0 Å². The van der Waals surface area contributed by atoms with Gasteiger partial charge in [-0.25, -0.2) is 0 Å². The quantitative estimate of drug-likeness (QED) is 0.127. The van der Waals surface area contributed by atoms with E-state index in [9.17, 15) is 10.1 Å². The summed E-state index contributed by atoms with van der Waals surface area (Å²) in [5.41, 5.74) is 1.31. The molecule has 2 aromatic rings. The zero-order valence-corrected chi connectivity index (χ0v) is 18.2. The lowest BCUT2D eigenvalue weighted by atomic mass is 10.2. The number of hydrogen-bond donors (Lipinski definition) is 3. The van der Waals surface area contributed by atoms with Crippen molar-refractivity contribution in [2.45, 2.75) is 0 Å². The van der Waals surface area contributed by atoms with Crippen molar-refractivity contribution in [1.29, 1.82) is 0 Å². The van der Waals surface area contributed by atoms with Gasteiger partial charge in [0, 0.05) is 38.0 Å². The standard InChI is InChI=1S/C18H23N5O4.HI/c1-19-18(22-13-8-9-16(26-2)17(12-13)27-3)21-11-10-20-14-6-4-5-7-15(14)23(24)25;/h4-9,12,20H,10-11H2,1-3H3,(H2,19,21,22);1H. The summed E-state index contributed by atoms with van der Waals surface area (Å²) in [7, 11) is 4.81. The summed E-state index contributed by atoms with van der Waals surface area (Å²) in [6.45, 7) is 0.997. The lowest BCUT2D eigenvalue weighted by molar-refractivity contribution is -0.384. The minimum absolute atomic E-state index is 0. The highest BCUT2D eigenvalue weighted by molar-refractivity contribution is 14.0. The summed E-state index contributed by atoms with van der Waals surface area (Å²) in [4.78, 5) is 14.8. The fourth-order valence-corrected chi connectivity index (χ4v) is 2.39. The van der Waals surface area contributed by atoms with Crippen LogP contribution in [0.1, 0.15) is 0 Å². The number of guanidine groups is 1. The maximum Gasteiger partial charge on any atom is 0.292 e. The van der Waals surface area contributed by atoms with Gasteiger partial charge in [0.1, 0.15) is 5.69 Å².